The first-order chi connectivity index (χ1) is 16.5. The predicted octanol–water partition coefficient (Wildman–Crippen LogP) is 4.08. The van der Waals surface area contributed by atoms with Crippen LogP contribution in [0, 0.1) is 11.8 Å². The maximum Gasteiger partial charge on any atom is 0.255 e. The Kier molecular flexibility index (Phi) is 7.26. The lowest BCUT2D eigenvalue weighted by molar-refractivity contribution is 0.0910. The molecule has 0 aliphatic rings. The molecule has 4 rings (SSSR count). The van der Waals surface area contributed by atoms with Crippen LogP contribution in [0.1, 0.15) is 41.0 Å². The van der Waals surface area contributed by atoms with E-state index in [0.717, 1.165) is 16.5 Å². The number of nitrogens with one attached hydrogen (secondary N) is 2. The molecule has 0 radical (unpaired) electrons. The number of hydrogen-bond donors (Lipinski definition) is 3. The Hall–Kier alpha value is -4.08. The predicted molar refractivity (Wildman–Crippen MR) is 133 cm³/mol. The van der Waals surface area contributed by atoms with Crippen molar-refractivity contribution in [3.05, 3.63) is 95.4 Å². The van der Waals surface area contributed by atoms with Crippen molar-refractivity contribution in [2.45, 2.75) is 32.4 Å². The molecule has 1 amide bonds. The van der Waals surface area contributed by atoms with Crippen LogP contribution in [0.4, 0.5) is 0 Å². The number of fused-ring (bicyclic) bond motifs is 1. The van der Waals surface area contributed by atoms with Crippen molar-refractivity contribution < 1.29 is 14.6 Å². The van der Waals surface area contributed by atoms with Crippen LogP contribution in [0.15, 0.2) is 73.1 Å². The Morgan fingerprint density at radius 2 is 1.94 bits per heavy atom. The average molecular weight is 454 g/mol. The number of ether oxygens (including phenoxy) is 1. The number of nitrogens with zero attached hydrogens (tertiary/aromatic N) is 1. The summed E-state index contributed by atoms with van der Waals surface area (Å²) in [7, 11) is 0. The summed E-state index contributed by atoms with van der Waals surface area (Å²) in [6.07, 6.45) is 3.99. The molecule has 6 heteroatoms. The Morgan fingerprint density at radius 1 is 1.12 bits per heavy atom. The SMILES string of the molecule is CC(C)Oc1ccc(C#Cc2ccccn2)cc1C(=O)N[C@@H](CO)Cc1c[nH]c2ccccc12. The van der Waals surface area contributed by atoms with E-state index in [-0.39, 0.29) is 18.6 Å². The van der Waals surface area contributed by atoms with E-state index in [1.807, 2.05) is 68.6 Å². The van der Waals surface area contributed by atoms with Crippen LogP contribution in [0.25, 0.3) is 10.9 Å². The number of H-pyrrole nitrogens is 1. The molecule has 0 bridgehead atoms. The van der Waals surface area contributed by atoms with E-state index in [9.17, 15) is 9.90 Å². The zero-order valence-corrected chi connectivity index (χ0v) is 19.2. The van der Waals surface area contributed by atoms with E-state index in [2.05, 4.69) is 27.1 Å². The van der Waals surface area contributed by atoms with Gasteiger partial charge in [-0.25, -0.2) is 4.98 Å². The van der Waals surface area contributed by atoms with Crippen molar-refractivity contribution in [1.82, 2.24) is 15.3 Å². The summed E-state index contributed by atoms with van der Waals surface area (Å²) in [5, 5.41) is 14.0. The number of hydrogen-bond acceptors (Lipinski definition) is 4. The normalized spacial score (nSPS) is 11.6. The van der Waals surface area contributed by atoms with Crippen LogP contribution in [0.2, 0.25) is 0 Å². The molecule has 0 saturated carbocycles. The van der Waals surface area contributed by atoms with E-state index in [1.54, 1.807) is 18.3 Å². The first-order valence-corrected chi connectivity index (χ1v) is 11.2. The molecule has 172 valence electrons. The zero-order chi connectivity index (χ0) is 23.9. The second-order valence-corrected chi connectivity index (χ2v) is 8.26. The molecular weight excluding hydrogens is 426 g/mol. The van der Waals surface area contributed by atoms with Crippen LogP contribution in [-0.2, 0) is 6.42 Å². The van der Waals surface area contributed by atoms with E-state index < -0.39 is 6.04 Å². The van der Waals surface area contributed by atoms with Gasteiger partial charge in [-0.2, -0.15) is 0 Å². The lowest BCUT2D eigenvalue weighted by Crippen LogP contribution is -2.39. The fourth-order valence-electron chi connectivity index (χ4n) is 3.71. The van der Waals surface area contributed by atoms with Gasteiger partial charge < -0.3 is 20.1 Å². The minimum absolute atomic E-state index is 0.100. The molecular formula is C28H27N3O3. The molecule has 1 atom stereocenters. The van der Waals surface area contributed by atoms with Gasteiger partial charge in [-0.1, -0.05) is 30.2 Å². The minimum atomic E-state index is -0.457. The van der Waals surface area contributed by atoms with Gasteiger partial charge in [0.05, 0.1) is 24.3 Å². The summed E-state index contributed by atoms with van der Waals surface area (Å²) >= 11 is 0. The van der Waals surface area contributed by atoms with Gasteiger partial charge in [0.15, 0.2) is 0 Å². The molecule has 0 unspecified atom stereocenters. The fraction of sp³-hybridized carbons (Fsp3) is 0.214. The number of aliphatic hydroxyl groups is 1. The first kappa shape index (κ1) is 23.1. The molecule has 2 heterocycles. The average Bonchev–Trinajstić information content (AvgIpc) is 3.26. The molecule has 3 N–H and O–H groups in total. The van der Waals surface area contributed by atoms with Crippen LogP contribution in [0.3, 0.4) is 0 Å². The third-order valence-corrected chi connectivity index (χ3v) is 5.28. The van der Waals surface area contributed by atoms with Crippen molar-refractivity contribution in [3.63, 3.8) is 0 Å². The number of para-hydroxylation sites is 1. The number of pyridine rings is 1. The molecule has 4 aromatic rings. The summed E-state index contributed by atoms with van der Waals surface area (Å²) in [6, 6.07) is 18.3. The van der Waals surface area contributed by atoms with Crippen molar-refractivity contribution in [1.29, 1.82) is 0 Å². The van der Waals surface area contributed by atoms with E-state index >= 15 is 0 Å². The number of aromatic amines is 1. The van der Waals surface area contributed by atoms with Gasteiger partial charge in [-0.15, -0.1) is 0 Å². The number of aromatic nitrogens is 2. The second-order valence-electron chi connectivity index (χ2n) is 8.26. The Morgan fingerprint density at radius 3 is 2.71 bits per heavy atom. The highest BCUT2D eigenvalue weighted by Gasteiger charge is 2.19. The maximum absolute atomic E-state index is 13.3. The number of aliphatic hydroxyl groups excluding tert-OH is 1. The number of amides is 1. The lowest BCUT2D eigenvalue weighted by atomic mass is 10.0. The van der Waals surface area contributed by atoms with Gasteiger partial charge in [0.1, 0.15) is 11.4 Å². The molecule has 34 heavy (non-hydrogen) atoms. The van der Waals surface area contributed by atoms with E-state index in [0.29, 0.717) is 29.0 Å². The van der Waals surface area contributed by atoms with Crippen LogP contribution >= 0.6 is 0 Å². The molecule has 0 aliphatic heterocycles. The van der Waals surface area contributed by atoms with Gasteiger partial charge in [-0.3, -0.25) is 4.79 Å². The summed E-state index contributed by atoms with van der Waals surface area (Å²) in [4.78, 5) is 20.7. The standard InChI is InChI=1S/C28H27N3O3/c1-19(2)34-27-13-11-20(10-12-22-7-5-6-14-29-22)15-25(27)28(33)31-23(18-32)16-21-17-30-26-9-4-3-8-24(21)26/h3-9,11,13-15,17,19,23,30,32H,16,18H2,1-2H3,(H,31,33)/t23-/m1/s1. The minimum Gasteiger partial charge on any atom is -0.490 e. The monoisotopic (exact) mass is 453 g/mol. The van der Waals surface area contributed by atoms with Crippen molar-refractivity contribution in [2.24, 2.45) is 0 Å². The summed E-state index contributed by atoms with van der Waals surface area (Å²) in [5.41, 5.74) is 3.74. The maximum atomic E-state index is 13.3. The quantitative estimate of drug-likeness (QED) is 0.368. The molecule has 0 fully saturated rings. The van der Waals surface area contributed by atoms with Crippen molar-refractivity contribution in [2.75, 3.05) is 6.61 Å². The highest BCUT2D eigenvalue weighted by molar-refractivity contribution is 5.97. The van der Waals surface area contributed by atoms with E-state index in [4.69, 9.17) is 4.74 Å². The number of carbonyl (C=O) groups excluding carboxylic acids is 1. The second kappa shape index (κ2) is 10.7. The third-order valence-electron chi connectivity index (χ3n) is 5.28. The Balaban J connectivity index is 1.57. The van der Waals surface area contributed by atoms with E-state index in [1.165, 1.54) is 0 Å². The van der Waals surface area contributed by atoms with Crippen molar-refractivity contribution in [3.8, 4) is 17.6 Å². The number of benzene rings is 2. The highest BCUT2D eigenvalue weighted by Crippen LogP contribution is 2.23. The summed E-state index contributed by atoms with van der Waals surface area (Å²) in [5.74, 6) is 6.22. The van der Waals surface area contributed by atoms with Gasteiger partial charge in [-0.05, 0) is 68.2 Å². The largest absolute Gasteiger partial charge is 0.490 e. The molecule has 2 aromatic carbocycles. The van der Waals surface area contributed by atoms with Crippen LogP contribution < -0.4 is 10.1 Å². The van der Waals surface area contributed by atoms with Gasteiger partial charge >= 0.3 is 0 Å². The molecule has 6 nitrogen and oxygen atoms in total. The van der Waals surface area contributed by atoms with Crippen molar-refractivity contribution >= 4 is 16.8 Å². The lowest BCUT2D eigenvalue weighted by Gasteiger charge is -2.19. The third kappa shape index (κ3) is 5.64. The molecule has 2 aromatic heterocycles. The number of carbonyl (C=O) groups is 1. The van der Waals surface area contributed by atoms with Gasteiger partial charge in [0, 0.05) is 28.9 Å². The topological polar surface area (TPSA) is 87.2 Å². The van der Waals surface area contributed by atoms with Crippen LogP contribution in [-0.4, -0.2) is 39.7 Å². The zero-order valence-electron chi connectivity index (χ0n) is 19.2. The number of rotatable bonds is 7. The smallest absolute Gasteiger partial charge is 0.255 e. The first-order valence-electron chi connectivity index (χ1n) is 11.2. The van der Waals surface area contributed by atoms with Crippen LogP contribution in [0.5, 0.6) is 5.75 Å². The summed E-state index contributed by atoms with van der Waals surface area (Å²) < 4.78 is 5.87. The molecule has 0 saturated heterocycles. The molecule has 0 spiro atoms. The summed E-state index contributed by atoms with van der Waals surface area (Å²) in [6.45, 7) is 3.62. The Labute approximate surface area is 199 Å². The Bertz CT molecular complexity index is 1330. The fourth-order valence-corrected chi connectivity index (χ4v) is 3.71. The molecule has 0 aliphatic carbocycles. The van der Waals surface area contributed by atoms with Gasteiger partial charge in [0.25, 0.3) is 5.91 Å². The highest BCUT2D eigenvalue weighted by atomic mass is 16.5. The van der Waals surface area contributed by atoms with Gasteiger partial charge in [0.2, 0.25) is 0 Å².